The maximum atomic E-state index is 13.9. The van der Waals surface area contributed by atoms with E-state index in [0.29, 0.717) is 21.1 Å². The molecule has 0 radical (unpaired) electrons. The number of esters is 1. The maximum Gasteiger partial charge on any atom is 0.328 e. The Labute approximate surface area is 167 Å². The lowest BCUT2D eigenvalue weighted by Gasteiger charge is -2.17. The number of fused-ring (bicyclic) bond motifs is 1. The average Bonchev–Trinajstić information content (AvgIpc) is 2.69. The Bertz CT molecular complexity index is 1040. The van der Waals surface area contributed by atoms with E-state index >= 15 is 0 Å². The van der Waals surface area contributed by atoms with Gasteiger partial charge in [-0.05, 0) is 40.2 Å². The summed E-state index contributed by atoms with van der Waals surface area (Å²) < 4.78 is 33.1. The molecule has 0 aliphatic heterocycles. The smallest absolute Gasteiger partial charge is 0.328 e. The van der Waals surface area contributed by atoms with Crippen LogP contribution in [0.4, 0.5) is 8.78 Å². The van der Waals surface area contributed by atoms with Crippen LogP contribution < -0.4 is 5.32 Å². The zero-order valence-electron chi connectivity index (χ0n) is 14.6. The Morgan fingerprint density at radius 2 is 1.89 bits per heavy atom. The zero-order chi connectivity index (χ0) is 20.3. The number of halogens is 3. The summed E-state index contributed by atoms with van der Waals surface area (Å²) in [4.78, 5) is 33.1. The Balaban J connectivity index is 1.93. The van der Waals surface area contributed by atoms with Gasteiger partial charge < -0.3 is 10.1 Å². The van der Waals surface area contributed by atoms with Crippen molar-refractivity contribution in [2.24, 2.45) is 0 Å². The van der Waals surface area contributed by atoms with Crippen LogP contribution in [0.2, 0.25) is 0 Å². The molecule has 6 nitrogen and oxygen atoms in total. The summed E-state index contributed by atoms with van der Waals surface area (Å²) in [5.74, 6) is -3.90. The number of carbonyl (C=O) groups excluding carboxylic acids is 2. The molecule has 0 aliphatic rings. The summed E-state index contributed by atoms with van der Waals surface area (Å²) >= 11 is 3.36. The second-order valence-corrected chi connectivity index (χ2v) is 6.66. The molecule has 1 amide bonds. The molecule has 0 unspecified atom stereocenters. The fourth-order valence-corrected chi connectivity index (χ4v) is 3.15. The van der Waals surface area contributed by atoms with Crippen LogP contribution in [0.1, 0.15) is 16.1 Å². The number of aromatic nitrogens is 2. The number of rotatable bonds is 5. The summed E-state index contributed by atoms with van der Waals surface area (Å²) in [6, 6.07) is 5.34. The van der Waals surface area contributed by atoms with E-state index in [2.05, 4.69) is 31.2 Å². The molecule has 2 heterocycles. The third-order valence-electron chi connectivity index (χ3n) is 4.06. The number of carbonyl (C=O) groups is 2. The molecule has 1 N–H and O–H groups in total. The highest BCUT2D eigenvalue weighted by Gasteiger charge is 2.27. The van der Waals surface area contributed by atoms with Gasteiger partial charge in [-0.15, -0.1) is 0 Å². The van der Waals surface area contributed by atoms with Gasteiger partial charge in [0, 0.05) is 24.2 Å². The molecule has 28 heavy (non-hydrogen) atoms. The second kappa shape index (κ2) is 8.39. The van der Waals surface area contributed by atoms with Crippen LogP contribution in [0.3, 0.4) is 0 Å². The first-order valence-electron chi connectivity index (χ1n) is 8.13. The van der Waals surface area contributed by atoms with E-state index in [1.165, 1.54) is 6.20 Å². The lowest BCUT2D eigenvalue weighted by Crippen LogP contribution is -2.43. The molecule has 0 saturated heterocycles. The van der Waals surface area contributed by atoms with Crippen molar-refractivity contribution >= 4 is 38.7 Å². The number of nitrogens with one attached hydrogen (secondary N) is 1. The molecular formula is C19H14BrF2N3O3. The van der Waals surface area contributed by atoms with E-state index in [9.17, 15) is 18.4 Å². The van der Waals surface area contributed by atoms with Gasteiger partial charge in [-0.2, -0.15) is 0 Å². The molecule has 144 valence electrons. The average molecular weight is 450 g/mol. The molecule has 3 rings (SSSR count). The Morgan fingerprint density at radius 1 is 1.18 bits per heavy atom. The topological polar surface area (TPSA) is 81.2 Å². The van der Waals surface area contributed by atoms with Crippen LogP contribution >= 0.6 is 15.9 Å². The molecule has 1 aromatic carbocycles. The summed E-state index contributed by atoms with van der Waals surface area (Å²) in [6.07, 6.45) is 3.08. The van der Waals surface area contributed by atoms with E-state index in [-0.39, 0.29) is 6.42 Å². The molecule has 0 bridgehead atoms. The van der Waals surface area contributed by atoms with Gasteiger partial charge in [0.1, 0.15) is 23.2 Å². The summed E-state index contributed by atoms with van der Waals surface area (Å²) in [5.41, 5.74) is 0.324. The summed E-state index contributed by atoms with van der Waals surface area (Å²) in [5, 5.41) is 2.99. The molecule has 0 saturated carbocycles. The first-order valence-corrected chi connectivity index (χ1v) is 8.92. The minimum absolute atomic E-state index is 0.0516. The van der Waals surface area contributed by atoms with Crippen LogP contribution in [0.5, 0.6) is 0 Å². The van der Waals surface area contributed by atoms with Crippen molar-refractivity contribution in [3.05, 3.63) is 70.1 Å². The van der Waals surface area contributed by atoms with E-state index in [1.54, 1.807) is 18.3 Å². The zero-order valence-corrected chi connectivity index (χ0v) is 16.2. The number of benzene rings is 1. The monoisotopic (exact) mass is 449 g/mol. The number of hydrogen-bond acceptors (Lipinski definition) is 5. The Morgan fingerprint density at radius 3 is 2.57 bits per heavy atom. The second-order valence-electron chi connectivity index (χ2n) is 5.80. The van der Waals surface area contributed by atoms with Gasteiger partial charge in [0.2, 0.25) is 0 Å². The van der Waals surface area contributed by atoms with Gasteiger partial charge in [-0.3, -0.25) is 14.8 Å². The summed E-state index contributed by atoms with van der Waals surface area (Å²) in [7, 11) is 1.15. The highest BCUT2D eigenvalue weighted by atomic mass is 79.9. The SMILES string of the molecule is COC(=O)[C@H](Cc1ncc(Br)c2ncccc12)NC(=O)c1c(F)cccc1F. The standard InChI is InChI=1S/C19H14BrF2N3O3/c1-28-19(27)15(25-18(26)16-12(21)5-2-6-13(16)22)8-14-10-4-3-7-23-17(10)11(20)9-24-14/h2-7,9,15H,8H2,1H3,(H,25,26)/t15-/m0/s1. The van der Waals surface area contributed by atoms with Crippen molar-refractivity contribution in [3.63, 3.8) is 0 Å². The quantitative estimate of drug-likeness (QED) is 0.604. The molecule has 9 heteroatoms. The fraction of sp³-hybridized carbons (Fsp3) is 0.158. The molecule has 0 fully saturated rings. The van der Waals surface area contributed by atoms with Crippen molar-refractivity contribution in [1.29, 1.82) is 0 Å². The molecule has 0 spiro atoms. The van der Waals surface area contributed by atoms with Crippen molar-refractivity contribution in [2.45, 2.75) is 12.5 Å². The van der Waals surface area contributed by atoms with Gasteiger partial charge in [-0.25, -0.2) is 13.6 Å². The van der Waals surface area contributed by atoms with E-state index < -0.39 is 35.1 Å². The van der Waals surface area contributed by atoms with Crippen molar-refractivity contribution in [3.8, 4) is 0 Å². The molecule has 0 aliphatic carbocycles. The predicted octanol–water partition coefficient (Wildman–Crippen LogP) is 3.18. The highest BCUT2D eigenvalue weighted by molar-refractivity contribution is 9.10. The molecular weight excluding hydrogens is 436 g/mol. The number of ether oxygens (including phenoxy) is 1. The van der Waals surface area contributed by atoms with E-state index in [1.807, 2.05) is 0 Å². The molecule has 2 aromatic heterocycles. The van der Waals surface area contributed by atoms with Crippen molar-refractivity contribution in [2.75, 3.05) is 7.11 Å². The van der Waals surface area contributed by atoms with Gasteiger partial charge >= 0.3 is 5.97 Å². The maximum absolute atomic E-state index is 13.9. The van der Waals surface area contributed by atoms with E-state index in [0.717, 1.165) is 25.3 Å². The van der Waals surface area contributed by atoms with Crippen LogP contribution in [0.25, 0.3) is 10.9 Å². The third kappa shape index (κ3) is 3.99. The fourth-order valence-electron chi connectivity index (χ4n) is 2.73. The third-order valence-corrected chi connectivity index (χ3v) is 4.64. The summed E-state index contributed by atoms with van der Waals surface area (Å²) in [6.45, 7) is 0. The van der Waals surface area contributed by atoms with Crippen LogP contribution in [-0.2, 0) is 16.0 Å². The normalized spacial score (nSPS) is 11.9. The number of amides is 1. The number of pyridine rings is 2. The number of methoxy groups -OCH3 is 1. The van der Waals surface area contributed by atoms with Gasteiger partial charge in [0.25, 0.3) is 5.91 Å². The Hall–Kier alpha value is -2.94. The highest BCUT2D eigenvalue weighted by Crippen LogP contribution is 2.24. The van der Waals surface area contributed by atoms with Crippen LogP contribution in [0.15, 0.2) is 47.2 Å². The van der Waals surface area contributed by atoms with Gasteiger partial charge in [0.05, 0.1) is 22.8 Å². The minimum Gasteiger partial charge on any atom is -0.467 e. The molecule has 1 atom stereocenters. The lowest BCUT2D eigenvalue weighted by atomic mass is 10.1. The largest absolute Gasteiger partial charge is 0.467 e. The lowest BCUT2D eigenvalue weighted by molar-refractivity contribution is -0.142. The number of hydrogen-bond donors (Lipinski definition) is 1. The van der Waals surface area contributed by atoms with Crippen molar-refractivity contribution in [1.82, 2.24) is 15.3 Å². The number of nitrogens with zero attached hydrogens (tertiary/aromatic N) is 2. The van der Waals surface area contributed by atoms with Crippen LogP contribution in [0, 0.1) is 11.6 Å². The van der Waals surface area contributed by atoms with Gasteiger partial charge in [-0.1, -0.05) is 6.07 Å². The Kier molecular flexibility index (Phi) is 5.93. The predicted molar refractivity (Wildman–Crippen MR) is 101 cm³/mol. The minimum atomic E-state index is -1.20. The molecule has 3 aromatic rings. The van der Waals surface area contributed by atoms with Crippen molar-refractivity contribution < 1.29 is 23.1 Å². The van der Waals surface area contributed by atoms with Gasteiger partial charge in [0.15, 0.2) is 0 Å². The van der Waals surface area contributed by atoms with Crippen LogP contribution in [-0.4, -0.2) is 35.0 Å². The van der Waals surface area contributed by atoms with E-state index in [4.69, 9.17) is 4.74 Å². The first-order chi connectivity index (χ1) is 13.4. The first kappa shape index (κ1) is 19.8.